The third kappa shape index (κ3) is 1.94. The summed E-state index contributed by atoms with van der Waals surface area (Å²) in [5.74, 6) is 0.442. The molecule has 1 aliphatic rings. The summed E-state index contributed by atoms with van der Waals surface area (Å²) >= 11 is 0. The second-order valence-corrected chi connectivity index (χ2v) is 3.70. The number of anilines is 1. The van der Waals surface area contributed by atoms with Gasteiger partial charge in [-0.3, -0.25) is 9.89 Å². The first-order valence-corrected chi connectivity index (χ1v) is 4.90. The molecule has 1 fully saturated rings. The summed E-state index contributed by atoms with van der Waals surface area (Å²) in [5, 5.41) is 21.2. The fourth-order valence-corrected chi connectivity index (χ4v) is 1.62. The molecule has 6 heteroatoms. The number of aliphatic hydroxyl groups is 1. The van der Waals surface area contributed by atoms with E-state index < -0.39 is 0 Å². The highest BCUT2D eigenvalue weighted by Crippen LogP contribution is 2.20. The zero-order valence-electron chi connectivity index (χ0n) is 8.45. The van der Waals surface area contributed by atoms with Crippen LogP contribution in [0, 0.1) is 0 Å². The largest absolute Gasteiger partial charge is 0.393 e. The van der Waals surface area contributed by atoms with Crippen molar-refractivity contribution in [1.29, 1.82) is 0 Å². The van der Waals surface area contributed by atoms with Gasteiger partial charge >= 0.3 is 0 Å². The molecule has 1 aliphatic carbocycles. The van der Waals surface area contributed by atoms with Crippen molar-refractivity contribution in [2.24, 2.45) is 0 Å². The predicted octanol–water partition coefficient (Wildman–Crippen LogP) is -0.296. The lowest BCUT2D eigenvalue weighted by molar-refractivity contribution is 0.0563. The van der Waals surface area contributed by atoms with Gasteiger partial charge in [0.25, 0.3) is 5.91 Å². The molecule has 0 unspecified atom stereocenters. The van der Waals surface area contributed by atoms with Gasteiger partial charge in [0.2, 0.25) is 0 Å². The number of hydrogen-bond acceptors (Lipinski definition) is 4. The zero-order chi connectivity index (χ0) is 10.8. The number of aromatic nitrogens is 2. The quantitative estimate of drug-likeness (QED) is 0.551. The van der Waals surface area contributed by atoms with E-state index >= 15 is 0 Å². The van der Waals surface area contributed by atoms with E-state index in [1.165, 1.54) is 6.20 Å². The molecule has 0 bridgehead atoms. The molecular weight excluding hydrogens is 196 g/mol. The minimum absolute atomic E-state index is 0.0899. The summed E-state index contributed by atoms with van der Waals surface area (Å²) in [7, 11) is 1.72. The van der Waals surface area contributed by atoms with E-state index in [2.05, 4.69) is 20.8 Å². The van der Waals surface area contributed by atoms with Gasteiger partial charge in [0.1, 0.15) is 11.4 Å². The van der Waals surface area contributed by atoms with Crippen LogP contribution in [0.15, 0.2) is 6.20 Å². The maximum atomic E-state index is 11.7. The highest BCUT2D eigenvalue weighted by molar-refractivity contribution is 5.98. The lowest BCUT2D eigenvalue weighted by Crippen LogP contribution is -2.46. The van der Waals surface area contributed by atoms with Crippen molar-refractivity contribution in [1.82, 2.24) is 15.5 Å². The number of carbonyl (C=O) groups excluding carboxylic acids is 1. The number of nitrogens with one attached hydrogen (secondary N) is 3. The molecule has 6 nitrogen and oxygen atoms in total. The zero-order valence-corrected chi connectivity index (χ0v) is 8.45. The Labute approximate surface area is 87.1 Å². The van der Waals surface area contributed by atoms with Gasteiger partial charge in [0.15, 0.2) is 0 Å². The fraction of sp³-hybridized carbons (Fsp3) is 0.556. The Morgan fingerprint density at radius 2 is 2.40 bits per heavy atom. The lowest BCUT2D eigenvalue weighted by atomic mass is 9.89. The highest BCUT2D eigenvalue weighted by atomic mass is 16.3. The van der Waals surface area contributed by atoms with Crippen molar-refractivity contribution in [3.8, 4) is 0 Å². The van der Waals surface area contributed by atoms with Crippen LogP contribution >= 0.6 is 0 Å². The summed E-state index contributed by atoms with van der Waals surface area (Å²) in [6.45, 7) is 0. The Morgan fingerprint density at radius 1 is 1.67 bits per heavy atom. The molecule has 1 aromatic rings. The number of hydrogen-bond donors (Lipinski definition) is 4. The average Bonchev–Trinajstić information content (AvgIpc) is 2.62. The average molecular weight is 210 g/mol. The molecule has 0 saturated heterocycles. The summed E-state index contributed by atoms with van der Waals surface area (Å²) < 4.78 is 0. The molecule has 1 aromatic heterocycles. The van der Waals surface area contributed by atoms with Crippen LogP contribution in [0.25, 0.3) is 0 Å². The smallest absolute Gasteiger partial charge is 0.256 e. The molecule has 15 heavy (non-hydrogen) atoms. The third-order valence-electron chi connectivity index (χ3n) is 2.58. The molecule has 2 rings (SSSR count). The van der Waals surface area contributed by atoms with E-state index in [9.17, 15) is 4.79 Å². The van der Waals surface area contributed by atoms with Crippen molar-refractivity contribution >= 4 is 11.7 Å². The SMILES string of the molecule is CNc1[nH]ncc1C(=O)NC1CC(O)C1. The molecule has 4 N–H and O–H groups in total. The molecule has 1 saturated carbocycles. The Hall–Kier alpha value is -1.56. The maximum absolute atomic E-state index is 11.7. The maximum Gasteiger partial charge on any atom is 0.256 e. The van der Waals surface area contributed by atoms with Gasteiger partial charge in [-0.1, -0.05) is 0 Å². The first kappa shape index (κ1) is 9.97. The Bertz CT molecular complexity index is 357. The lowest BCUT2D eigenvalue weighted by Gasteiger charge is -2.31. The van der Waals surface area contributed by atoms with Gasteiger partial charge in [-0.2, -0.15) is 5.10 Å². The summed E-state index contributed by atoms with van der Waals surface area (Å²) in [5.41, 5.74) is 0.499. The van der Waals surface area contributed by atoms with E-state index in [1.807, 2.05) is 0 Å². The number of rotatable bonds is 3. The fourth-order valence-electron chi connectivity index (χ4n) is 1.62. The summed E-state index contributed by atoms with van der Waals surface area (Å²) in [4.78, 5) is 11.7. The Balaban J connectivity index is 1.96. The molecule has 0 aliphatic heterocycles. The van der Waals surface area contributed by atoms with Crippen molar-refractivity contribution in [2.75, 3.05) is 12.4 Å². The first-order valence-electron chi connectivity index (χ1n) is 4.90. The Morgan fingerprint density at radius 3 is 3.00 bits per heavy atom. The standard InChI is InChI=1S/C9H14N4O2/c1-10-8-7(4-11-13-8)9(15)12-5-2-6(14)3-5/h4-6,14H,2-3H2,1H3,(H,12,15)(H2,10,11,13). The van der Waals surface area contributed by atoms with Crippen LogP contribution < -0.4 is 10.6 Å². The minimum atomic E-state index is -0.261. The topological polar surface area (TPSA) is 90.0 Å². The number of H-pyrrole nitrogens is 1. The van der Waals surface area contributed by atoms with E-state index in [0.717, 1.165) is 0 Å². The Kier molecular flexibility index (Phi) is 2.59. The van der Waals surface area contributed by atoms with Crippen molar-refractivity contribution in [3.63, 3.8) is 0 Å². The van der Waals surface area contributed by atoms with E-state index in [-0.39, 0.29) is 18.1 Å². The van der Waals surface area contributed by atoms with E-state index in [0.29, 0.717) is 24.2 Å². The van der Waals surface area contributed by atoms with Crippen LogP contribution in [-0.2, 0) is 0 Å². The van der Waals surface area contributed by atoms with Gasteiger partial charge in [0, 0.05) is 13.1 Å². The monoisotopic (exact) mass is 210 g/mol. The van der Waals surface area contributed by atoms with Gasteiger partial charge in [0.05, 0.1) is 12.3 Å². The molecule has 0 radical (unpaired) electrons. The molecule has 0 spiro atoms. The highest BCUT2D eigenvalue weighted by Gasteiger charge is 2.29. The van der Waals surface area contributed by atoms with Crippen LogP contribution in [0.4, 0.5) is 5.82 Å². The van der Waals surface area contributed by atoms with Crippen LogP contribution in [0.2, 0.25) is 0 Å². The number of carbonyl (C=O) groups is 1. The molecule has 0 aromatic carbocycles. The number of aromatic amines is 1. The second-order valence-electron chi connectivity index (χ2n) is 3.70. The third-order valence-corrected chi connectivity index (χ3v) is 2.58. The normalized spacial score (nSPS) is 24.4. The van der Waals surface area contributed by atoms with E-state index in [1.54, 1.807) is 7.05 Å². The first-order chi connectivity index (χ1) is 7.20. The molecule has 0 atom stereocenters. The minimum Gasteiger partial charge on any atom is -0.393 e. The van der Waals surface area contributed by atoms with Gasteiger partial charge in [-0.05, 0) is 12.8 Å². The van der Waals surface area contributed by atoms with Crippen LogP contribution in [0.5, 0.6) is 0 Å². The van der Waals surface area contributed by atoms with Gasteiger partial charge in [-0.15, -0.1) is 0 Å². The number of aliphatic hydroxyl groups excluding tert-OH is 1. The van der Waals surface area contributed by atoms with E-state index in [4.69, 9.17) is 5.11 Å². The predicted molar refractivity (Wildman–Crippen MR) is 54.6 cm³/mol. The molecule has 1 amide bonds. The van der Waals surface area contributed by atoms with Gasteiger partial charge < -0.3 is 15.7 Å². The molecular formula is C9H14N4O2. The van der Waals surface area contributed by atoms with Crippen molar-refractivity contribution in [3.05, 3.63) is 11.8 Å². The molecule has 82 valence electrons. The van der Waals surface area contributed by atoms with Crippen molar-refractivity contribution in [2.45, 2.75) is 25.0 Å². The molecule has 1 heterocycles. The summed E-state index contributed by atoms with van der Waals surface area (Å²) in [6, 6.07) is 0.0899. The van der Waals surface area contributed by atoms with Gasteiger partial charge in [-0.25, -0.2) is 0 Å². The summed E-state index contributed by atoms with van der Waals surface area (Å²) in [6.07, 6.45) is 2.50. The second kappa shape index (κ2) is 3.90. The van der Waals surface area contributed by atoms with Crippen LogP contribution in [0.1, 0.15) is 23.2 Å². The number of amides is 1. The number of nitrogens with zero attached hydrogens (tertiary/aromatic N) is 1. The van der Waals surface area contributed by atoms with Crippen molar-refractivity contribution < 1.29 is 9.90 Å². The van der Waals surface area contributed by atoms with Crippen LogP contribution in [-0.4, -0.2) is 40.4 Å². The van der Waals surface area contributed by atoms with Crippen LogP contribution in [0.3, 0.4) is 0 Å².